The lowest BCUT2D eigenvalue weighted by Crippen LogP contribution is -1.98. The van der Waals surface area contributed by atoms with Gasteiger partial charge in [-0.1, -0.05) is 39.7 Å². The fourth-order valence-electron chi connectivity index (χ4n) is 1.75. The number of benzene rings is 2. The summed E-state index contributed by atoms with van der Waals surface area (Å²) >= 11 is 9.50. The van der Waals surface area contributed by atoms with Gasteiger partial charge in [-0.05, 0) is 35.9 Å². The lowest BCUT2D eigenvalue weighted by Gasteiger charge is -2.15. The number of halogens is 3. The van der Waals surface area contributed by atoms with Gasteiger partial charge in [0.25, 0.3) is 0 Å². The largest absolute Gasteiger partial charge is 0.496 e. The summed E-state index contributed by atoms with van der Waals surface area (Å²) in [5, 5.41) is 0.646. The number of hydrogen-bond donors (Lipinski definition) is 0. The Balaban J connectivity index is 2.44. The van der Waals surface area contributed by atoms with Crippen LogP contribution in [-0.2, 0) is 0 Å². The van der Waals surface area contributed by atoms with E-state index in [0.29, 0.717) is 10.8 Å². The standard InChI is InChI=1S/C14H11BrClFO/c1-18-13-6-5-11(17)8-12(13)14(15)9-3-2-4-10(16)7-9/h2-8,14H,1H3. The van der Waals surface area contributed by atoms with Gasteiger partial charge < -0.3 is 4.74 Å². The van der Waals surface area contributed by atoms with Crippen LogP contribution in [0.25, 0.3) is 0 Å². The molecule has 0 aromatic heterocycles. The second kappa shape index (κ2) is 5.72. The molecule has 0 fully saturated rings. The molecule has 1 atom stereocenters. The molecule has 0 spiro atoms. The van der Waals surface area contributed by atoms with E-state index in [2.05, 4.69) is 15.9 Å². The Morgan fingerprint density at radius 1 is 1.22 bits per heavy atom. The molecule has 0 N–H and O–H groups in total. The third-order valence-electron chi connectivity index (χ3n) is 2.61. The van der Waals surface area contributed by atoms with Crippen molar-refractivity contribution in [1.29, 1.82) is 0 Å². The molecule has 2 rings (SSSR count). The van der Waals surface area contributed by atoms with Crippen LogP contribution in [0.2, 0.25) is 5.02 Å². The topological polar surface area (TPSA) is 9.23 Å². The van der Waals surface area contributed by atoms with E-state index in [-0.39, 0.29) is 10.6 Å². The molecule has 0 aliphatic rings. The van der Waals surface area contributed by atoms with E-state index in [9.17, 15) is 4.39 Å². The van der Waals surface area contributed by atoms with Crippen molar-refractivity contribution in [3.05, 3.63) is 64.4 Å². The van der Waals surface area contributed by atoms with Gasteiger partial charge >= 0.3 is 0 Å². The van der Waals surface area contributed by atoms with Gasteiger partial charge in [0.2, 0.25) is 0 Å². The second-order valence-corrected chi connectivity index (χ2v) is 5.16. The first kappa shape index (κ1) is 13.4. The second-order valence-electron chi connectivity index (χ2n) is 3.80. The smallest absolute Gasteiger partial charge is 0.123 e. The van der Waals surface area contributed by atoms with E-state index in [0.717, 1.165) is 11.1 Å². The van der Waals surface area contributed by atoms with Crippen molar-refractivity contribution >= 4 is 27.5 Å². The zero-order valence-electron chi connectivity index (χ0n) is 9.66. The molecule has 4 heteroatoms. The molecule has 0 saturated carbocycles. The number of ether oxygens (including phenoxy) is 1. The maximum atomic E-state index is 13.3. The van der Waals surface area contributed by atoms with E-state index in [1.54, 1.807) is 19.2 Å². The van der Waals surface area contributed by atoms with Crippen molar-refractivity contribution in [3.8, 4) is 5.75 Å². The SMILES string of the molecule is COc1ccc(F)cc1C(Br)c1cccc(Cl)c1. The highest BCUT2D eigenvalue weighted by Crippen LogP contribution is 2.37. The number of alkyl halides is 1. The van der Waals surface area contributed by atoms with Crippen LogP contribution in [0.5, 0.6) is 5.75 Å². The van der Waals surface area contributed by atoms with Crippen LogP contribution in [0.3, 0.4) is 0 Å². The van der Waals surface area contributed by atoms with Crippen LogP contribution in [0, 0.1) is 5.82 Å². The Hall–Kier alpha value is -1.06. The highest BCUT2D eigenvalue weighted by molar-refractivity contribution is 9.09. The van der Waals surface area contributed by atoms with E-state index < -0.39 is 0 Å². The molecule has 94 valence electrons. The quantitative estimate of drug-likeness (QED) is 0.722. The number of rotatable bonds is 3. The van der Waals surface area contributed by atoms with E-state index in [1.807, 2.05) is 18.2 Å². The summed E-state index contributed by atoms with van der Waals surface area (Å²) < 4.78 is 18.6. The van der Waals surface area contributed by atoms with Gasteiger partial charge in [-0.3, -0.25) is 0 Å². The molecule has 0 saturated heterocycles. The van der Waals surface area contributed by atoms with Crippen molar-refractivity contribution in [2.45, 2.75) is 4.83 Å². The molecular weight excluding hydrogens is 319 g/mol. The molecule has 2 aromatic carbocycles. The molecule has 0 bridgehead atoms. The summed E-state index contributed by atoms with van der Waals surface area (Å²) in [5.41, 5.74) is 1.69. The monoisotopic (exact) mass is 328 g/mol. The Morgan fingerprint density at radius 2 is 2.00 bits per heavy atom. The Kier molecular flexibility index (Phi) is 4.25. The Bertz CT molecular complexity index is 559. The van der Waals surface area contributed by atoms with Crippen LogP contribution in [-0.4, -0.2) is 7.11 Å². The average Bonchev–Trinajstić information content (AvgIpc) is 2.38. The van der Waals surface area contributed by atoms with Crippen molar-refractivity contribution in [1.82, 2.24) is 0 Å². The zero-order chi connectivity index (χ0) is 13.1. The van der Waals surface area contributed by atoms with Gasteiger partial charge in [0.15, 0.2) is 0 Å². The minimum absolute atomic E-state index is 0.165. The third kappa shape index (κ3) is 2.85. The summed E-state index contributed by atoms with van der Waals surface area (Å²) in [4.78, 5) is -0.165. The first-order valence-electron chi connectivity index (χ1n) is 5.35. The summed E-state index contributed by atoms with van der Waals surface area (Å²) in [6.07, 6.45) is 0. The molecule has 1 nitrogen and oxygen atoms in total. The lowest BCUT2D eigenvalue weighted by molar-refractivity contribution is 0.409. The maximum absolute atomic E-state index is 13.3. The van der Waals surface area contributed by atoms with Crippen LogP contribution in [0.15, 0.2) is 42.5 Å². The highest BCUT2D eigenvalue weighted by Gasteiger charge is 2.16. The first-order valence-corrected chi connectivity index (χ1v) is 6.64. The van der Waals surface area contributed by atoms with Crippen molar-refractivity contribution in [2.75, 3.05) is 7.11 Å². The average molecular weight is 330 g/mol. The number of methoxy groups -OCH3 is 1. The van der Waals surface area contributed by atoms with Crippen molar-refractivity contribution in [2.24, 2.45) is 0 Å². The molecule has 18 heavy (non-hydrogen) atoms. The van der Waals surface area contributed by atoms with Gasteiger partial charge in [0, 0.05) is 10.6 Å². The molecule has 1 unspecified atom stereocenters. The predicted octanol–water partition coefficient (Wildman–Crippen LogP) is 4.97. The number of hydrogen-bond acceptors (Lipinski definition) is 1. The minimum atomic E-state index is -0.294. The molecule has 0 radical (unpaired) electrons. The third-order valence-corrected chi connectivity index (χ3v) is 3.86. The molecule has 0 aliphatic heterocycles. The van der Waals surface area contributed by atoms with Crippen molar-refractivity contribution in [3.63, 3.8) is 0 Å². The summed E-state index contributed by atoms with van der Waals surface area (Å²) in [6.45, 7) is 0. The minimum Gasteiger partial charge on any atom is -0.496 e. The normalized spacial score (nSPS) is 12.2. The highest BCUT2D eigenvalue weighted by atomic mass is 79.9. The summed E-state index contributed by atoms with van der Waals surface area (Å²) in [5.74, 6) is 0.343. The summed E-state index contributed by atoms with van der Waals surface area (Å²) in [7, 11) is 1.56. The van der Waals surface area contributed by atoms with Crippen LogP contribution < -0.4 is 4.74 Å². The predicted molar refractivity (Wildman–Crippen MR) is 75.2 cm³/mol. The maximum Gasteiger partial charge on any atom is 0.123 e. The van der Waals surface area contributed by atoms with Crippen LogP contribution in [0.4, 0.5) is 4.39 Å². The molecule has 0 aliphatic carbocycles. The van der Waals surface area contributed by atoms with Crippen LogP contribution in [0.1, 0.15) is 16.0 Å². The van der Waals surface area contributed by atoms with Crippen molar-refractivity contribution < 1.29 is 9.13 Å². The summed E-state index contributed by atoms with van der Waals surface area (Å²) in [6, 6.07) is 11.9. The van der Waals surface area contributed by atoms with Crippen LogP contribution >= 0.6 is 27.5 Å². The van der Waals surface area contributed by atoms with Gasteiger partial charge in [0.05, 0.1) is 11.9 Å². The zero-order valence-corrected chi connectivity index (χ0v) is 12.0. The molecule has 2 aromatic rings. The lowest BCUT2D eigenvalue weighted by atomic mass is 10.0. The first-order chi connectivity index (χ1) is 8.61. The molecule has 0 heterocycles. The Labute approximate surface area is 119 Å². The van der Waals surface area contributed by atoms with E-state index >= 15 is 0 Å². The fourth-order valence-corrected chi connectivity index (χ4v) is 2.59. The Morgan fingerprint density at radius 3 is 2.67 bits per heavy atom. The van der Waals surface area contributed by atoms with Gasteiger partial charge in [0.1, 0.15) is 11.6 Å². The molecular formula is C14H11BrClFO. The molecule has 0 amide bonds. The van der Waals surface area contributed by atoms with E-state index in [1.165, 1.54) is 12.1 Å². The van der Waals surface area contributed by atoms with E-state index in [4.69, 9.17) is 16.3 Å². The van der Waals surface area contributed by atoms with Gasteiger partial charge in [-0.15, -0.1) is 0 Å². The fraction of sp³-hybridized carbons (Fsp3) is 0.143. The van der Waals surface area contributed by atoms with Gasteiger partial charge in [-0.2, -0.15) is 0 Å². The van der Waals surface area contributed by atoms with Gasteiger partial charge in [-0.25, -0.2) is 4.39 Å².